The molecule has 4 nitrogen and oxygen atoms in total. The first-order valence-electron chi connectivity index (χ1n) is 6.79. The van der Waals surface area contributed by atoms with Gasteiger partial charge in [0.15, 0.2) is 0 Å². The molecule has 1 heterocycles. The number of rotatable bonds is 5. The van der Waals surface area contributed by atoms with E-state index < -0.39 is 0 Å². The van der Waals surface area contributed by atoms with Crippen molar-refractivity contribution in [3.8, 4) is 0 Å². The molecule has 4 heteroatoms. The van der Waals surface area contributed by atoms with E-state index in [0.29, 0.717) is 31.3 Å². The Kier molecular flexibility index (Phi) is 4.15. The second-order valence-electron chi connectivity index (χ2n) is 5.11. The van der Waals surface area contributed by atoms with E-state index in [2.05, 4.69) is 12.2 Å². The predicted octanol–water partition coefficient (Wildman–Crippen LogP) is 1.30. The van der Waals surface area contributed by atoms with Gasteiger partial charge in [0, 0.05) is 25.4 Å². The molecule has 2 rings (SSSR count). The average Bonchev–Trinajstić information content (AvgIpc) is 2.93. The van der Waals surface area contributed by atoms with Crippen molar-refractivity contribution < 1.29 is 9.59 Å². The molecule has 17 heavy (non-hydrogen) atoms. The maximum atomic E-state index is 11.6. The summed E-state index contributed by atoms with van der Waals surface area (Å²) < 4.78 is 0. The summed E-state index contributed by atoms with van der Waals surface area (Å²) in [6, 6.07) is 0.300. The van der Waals surface area contributed by atoms with Gasteiger partial charge in [-0.2, -0.15) is 0 Å². The highest BCUT2D eigenvalue weighted by atomic mass is 16.2. The Balaban J connectivity index is 1.96. The summed E-state index contributed by atoms with van der Waals surface area (Å²) in [6.45, 7) is 3.56. The monoisotopic (exact) mass is 238 g/mol. The molecule has 1 aliphatic heterocycles. The molecule has 0 aromatic carbocycles. The Hall–Kier alpha value is -0.900. The highest BCUT2D eigenvalue weighted by molar-refractivity contribution is 6.01. The molecule has 0 radical (unpaired) electrons. The van der Waals surface area contributed by atoms with E-state index in [-0.39, 0.29) is 11.8 Å². The van der Waals surface area contributed by atoms with Crippen molar-refractivity contribution in [2.45, 2.75) is 51.5 Å². The molecule has 0 aromatic rings. The number of likely N-dealkylation sites (N-methyl/N-ethyl adjacent to an activating group) is 1. The van der Waals surface area contributed by atoms with E-state index in [0.717, 1.165) is 6.54 Å². The van der Waals surface area contributed by atoms with E-state index in [9.17, 15) is 9.59 Å². The van der Waals surface area contributed by atoms with Crippen molar-refractivity contribution in [1.29, 1.82) is 0 Å². The molecule has 0 bridgehead atoms. The molecular formula is C13H22N2O2. The third-order valence-electron chi connectivity index (χ3n) is 3.97. The van der Waals surface area contributed by atoms with Gasteiger partial charge in [0.25, 0.3) is 0 Å². The zero-order valence-electron chi connectivity index (χ0n) is 10.6. The SMILES string of the molecule is CCNC(CN1C(=O)CCC1=O)C1CCCC1. The lowest BCUT2D eigenvalue weighted by Crippen LogP contribution is -2.46. The lowest BCUT2D eigenvalue weighted by Gasteiger charge is -2.28. The van der Waals surface area contributed by atoms with Crippen LogP contribution in [0.25, 0.3) is 0 Å². The van der Waals surface area contributed by atoms with Gasteiger partial charge in [0.1, 0.15) is 0 Å². The number of imide groups is 1. The molecule has 1 aliphatic carbocycles. The third-order valence-corrected chi connectivity index (χ3v) is 3.97. The molecule has 2 amide bonds. The second-order valence-corrected chi connectivity index (χ2v) is 5.11. The van der Waals surface area contributed by atoms with Crippen LogP contribution >= 0.6 is 0 Å². The van der Waals surface area contributed by atoms with Crippen LogP contribution in [0.4, 0.5) is 0 Å². The number of nitrogens with one attached hydrogen (secondary N) is 1. The van der Waals surface area contributed by atoms with Gasteiger partial charge in [-0.3, -0.25) is 14.5 Å². The molecule has 1 unspecified atom stereocenters. The molecule has 0 spiro atoms. The van der Waals surface area contributed by atoms with E-state index in [1.807, 2.05) is 0 Å². The fraction of sp³-hybridized carbons (Fsp3) is 0.846. The largest absolute Gasteiger partial charge is 0.312 e. The fourth-order valence-corrected chi connectivity index (χ4v) is 3.03. The Morgan fingerprint density at radius 2 is 1.82 bits per heavy atom. The van der Waals surface area contributed by atoms with Crippen molar-refractivity contribution >= 4 is 11.8 Å². The summed E-state index contributed by atoms with van der Waals surface area (Å²) in [4.78, 5) is 24.7. The van der Waals surface area contributed by atoms with Crippen LogP contribution in [0.3, 0.4) is 0 Å². The molecule has 2 aliphatic rings. The smallest absolute Gasteiger partial charge is 0.229 e. The summed E-state index contributed by atoms with van der Waals surface area (Å²) in [5.41, 5.74) is 0. The van der Waals surface area contributed by atoms with Crippen molar-refractivity contribution in [3.05, 3.63) is 0 Å². The molecule has 2 fully saturated rings. The maximum absolute atomic E-state index is 11.6. The van der Waals surface area contributed by atoms with Crippen LogP contribution in [0.5, 0.6) is 0 Å². The highest BCUT2D eigenvalue weighted by Gasteiger charge is 2.33. The average molecular weight is 238 g/mol. The van der Waals surface area contributed by atoms with Crippen LogP contribution in [-0.2, 0) is 9.59 Å². The van der Waals surface area contributed by atoms with Gasteiger partial charge in [0.05, 0.1) is 0 Å². The van der Waals surface area contributed by atoms with Gasteiger partial charge < -0.3 is 5.32 Å². The minimum absolute atomic E-state index is 0.0101. The number of hydrogen-bond donors (Lipinski definition) is 1. The number of likely N-dealkylation sites (tertiary alicyclic amines) is 1. The molecule has 1 N–H and O–H groups in total. The Labute approximate surface area is 103 Å². The topological polar surface area (TPSA) is 49.4 Å². The maximum Gasteiger partial charge on any atom is 0.229 e. The van der Waals surface area contributed by atoms with Crippen molar-refractivity contribution in [1.82, 2.24) is 10.2 Å². The van der Waals surface area contributed by atoms with Gasteiger partial charge >= 0.3 is 0 Å². The lowest BCUT2D eigenvalue weighted by molar-refractivity contribution is -0.138. The number of amides is 2. The molecule has 0 aromatic heterocycles. The molecular weight excluding hydrogens is 216 g/mol. The Morgan fingerprint density at radius 1 is 1.24 bits per heavy atom. The summed E-state index contributed by atoms with van der Waals surface area (Å²) >= 11 is 0. The number of carbonyl (C=O) groups is 2. The number of carbonyl (C=O) groups excluding carboxylic acids is 2. The van der Waals surface area contributed by atoms with Crippen LogP contribution in [0, 0.1) is 5.92 Å². The normalized spacial score (nSPS) is 23.7. The first-order chi connectivity index (χ1) is 8.22. The molecule has 1 atom stereocenters. The van der Waals surface area contributed by atoms with Crippen LogP contribution in [-0.4, -0.2) is 35.8 Å². The van der Waals surface area contributed by atoms with Crippen LogP contribution in [0.2, 0.25) is 0 Å². The van der Waals surface area contributed by atoms with E-state index in [1.165, 1.54) is 30.6 Å². The zero-order valence-corrected chi connectivity index (χ0v) is 10.6. The quantitative estimate of drug-likeness (QED) is 0.735. The van der Waals surface area contributed by atoms with E-state index in [1.54, 1.807) is 0 Å². The van der Waals surface area contributed by atoms with E-state index in [4.69, 9.17) is 0 Å². The predicted molar refractivity (Wildman–Crippen MR) is 65.4 cm³/mol. The first-order valence-corrected chi connectivity index (χ1v) is 6.79. The highest BCUT2D eigenvalue weighted by Crippen LogP contribution is 2.28. The van der Waals surface area contributed by atoms with Crippen LogP contribution in [0.15, 0.2) is 0 Å². The molecule has 96 valence electrons. The minimum Gasteiger partial charge on any atom is -0.312 e. The summed E-state index contributed by atoms with van der Waals surface area (Å²) in [6.07, 6.45) is 5.84. The van der Waals surface area contributed by atoms with Gasteiger partial charge in [0.2, 0.25) is 11.8 Å². The fourth-order valence-electron chi connectivity index (χ4n) is 3.03. The zero-order chi connectivity index (χ0) is 12.3. The van der Waals surface area contributed by atoms with Gasteiger partial charge in [-0.1, -0.05) is 19.8 Å². The van der Waals surface area contributed by atoms with Gasteiger partial charge in [-0.25, -0.2) is 0 Å². The third kappa shape index (κ3) is 2.86. The van der Waals surface area contributed by atoms with E-state index >= 15 is 0 Å². The standard InChI is InChI=1S/C13H22N2O2/c1-2-14-11(10-5-3-4-6-10)9-15-12(16)7-8-13(15)17/h10-11,14H,2-9H2,1H3. The minimum atomic E-state index is 0.0101. The summed E-state index contributed by atoms with van der Waals surface area (Å²) in [5, 5.41) is 3.45. The second kappa shape index (κ2) is 5.63. The van der Waals surface area contributed by atoms with Crippen molar-refractivity contribution in [2.24, 2.45) is 5.92 Å². The lowest BCUT2D eigenvalue weighted by atomic mass is 9.97. The van der Waals surface area contributed by atoms with Crippen LogP contribution in [0.1, 0.15) is 45.4 Å². The molecule has 1 saturated heterocycles. The number of nitrogens with zero attached hydrogens (tertiary/aromatic N) is 1. The van der Waals surface area contributed by atoms with Gasteiger partial charge in [-0.15, -0.1) is 0 Å². The van der Waals surface area contributed by atoms with Crippen molar-refractivity contribution in [2.75, 3.05) is 13.1 Å². The van der Waals surface area contributed by atoms with Crippen LogP contribution < -0.4 is 5.32 Å². The first kappa shape index (κ1) is 12.6. The number of hydrogen-bond acceptors (Lipinski definition) is 3. The Morgan fingerprint density at radius 3 is 2.35 bits per heavy atom. The van der Waals surface area contributed by atoms with Crippen molar-refractivity contribution in [3.63, 3.8) is 0 Å². The van der Waals surface area contributed by atoms with Gasteiger partial charge in [-0.05, 0) is 25.3 Å². The molecule has 1 saturated carbocycles. The Bertz CT molecular complexity index is 282. The summed E-state index contributed by atoms with van der Waals surface area (Å²) in [7, 11) is 0. The summed E-state index contributed by atoms with van der Waals surface area (Å²) in [5.74, 6) is 0.656.